The minimum Gasteiger partial charge on any atom is -0.497 e. The molecule has 508 valence electrons. The number of carbonyl (C=O) groups excluding carboxylic acids is 6. The molecule has 1 saturated carbocycles. The highest BCUT2D eigenvalue weighted by molar-refractivity contribution is 7.99. The summed E-state index contributed by atoms with van der Waals surface area (Å²) in [7, 11) is 4.65. The summed E-state index contributed by atoms with van der Waals surface area (Å²) < 4.78 is 29.1. The standard InChI is InChI=1S/C72H86N10O12S2/c1-43(2)67(80-69(86)47-33-63(78-65(83)25-29-95-7)77-64(34-47)79-66(84)26-30-96-54-15-12-10-8-9-11-13-16-54)70(87)75-44(3)68(85)76-50-21-17-45(18-22-50)48-31-51-39-73-57-37-61(59(91-5)35-55(57)71(88)81(51)41-48)93-27-14-28-94-62-38-58-56(36-60(62)92-6)72(89)82-42-49(32-52(82)40-74-58)46-19-23-53(90-4)24-20-46/h17-24,33-44,51-52,54,65,67,83H,8-16,25-32H2,1-7H3,(H,75,87)(H,76,85)(H,80,86)(H2,77,78,79,84)/t44-,51-,52-,65?,67-/m0/s1. The minimum atomic E-state index is -1.06. The number of aromatic nitrogens is 1. The number of rotatable bonds is 28. The number of aliphatic hydroxyl groups excluding tert-OH is 1. The first kappa shape index (κ1) is 69.9. The number of carbonyl (C=O) groups is 6. The van der Waals surface area contributed by atoms with Gasteiger partial charge >= 0.3 is 0 Å². The summed E-state index contributed by atoms with van der Waals surface area (Å²) in [6.45, 7) is 5.59. The summed E-state index contributed by atoms with van der Waals surface area (Å²) in [5.41, 5.74) is 5.97. The van der Waals surface area contributed by atoms with Crippen LogP contribution < -0.4 is 50.3 Å². The molecule has 0 spiro atoms. The Labute approximate surface area is 569 Å². The summed E-state index contributed by atoms with van der Waals surface area (Å²) in [5, 5.41) is 25.5. The fraction of sp³-hybridized carbons (Fsp3) is 0.431. The summed E-state index contributed by atoms with van der Waals surface area (Å²) in [5.74, 6) is 1.21. The van der Waals surface area contributed by atoms with Crippen LogP contribution in [0.15, 0.2) is 107 Å². The highest BCUT2D eigenvalue weighted by Gasteiger charge is 2.36. The maximum absolute atomic E-state index is 14.3. The van der Waals surface area contributed by atoms with E-state index in [-0.39, 0.29) is 66.6 Å². The van der Waals surface area contributed by atoms with E-state index in [4.69, 9.17) is 33.7 Å². The lowest BCUT2D eigenvalue weighted by atomic mass is 10.0. The van der Waals surface area contributed by atoms with Gasteiger partial charge in [-0.1, -0.05) is 76.6 Å². The molecule has 0 radical (unpaired) electrons. The number of methoxy groups -OCH3 is 3. The van der Waals surface area contributed by atoms with E-state index in [0.717, 1.165) is 40.9 Å². The molecule has 1 aliphatic carbocycles. The number of aliphatic hydroxyl groups is 1. The number of hydrogen-bond donors (Lipinski definition) is 6. The van der Waals surface area contributed by atoms with Crippen LogP contribution in [0.3, 0.4) is 0 Å². The van der Waals surface area contributed by atoms with Gasteiger partial charge in [0.15, 0.2) is 23.0 Å². The van der Waals surface area contributed by atoms with Gasteiger partial charge in [0.1, 0.15) is 35.7 Å². The Hall–Kier alpha value is -8.87. The van der Waals surface area contributed by atoms with Gasteiger partial charge in [-0.15, -0.1) is 0 Å². The first-order valence-corrected chi connectivity index (χ1v) is 35.3. The Morgan fingerprint density at radius 1 is 0.646 bits per heavy atom. The molecular formula is C72H86N10O12S2. The number of thioether (sulfide) groups is 2. The summed E-state index contributed by atoms with van der Waals surface area (Å²) >= 11 is 3.41. The highest BCUT2D eigenvalue weighted by atomic mass is 32.2. The van der Waals surface area contributed by atoms with Crippen LogP contribution in [-0.4, -0.2) is 156 Å². The number of benzene rings is 4. The quantitative estimate of drug-likeness (QED) is 0.0201. The van der Waals surface area contributed by atoms with Gasteiger partial charge in [0, 0.05) is 91.3 Å². The molecule has 5 heterocycles. The van der Waals surface area contributed by atoms with Crippen molar-refractivity contribution in [3.63, 3.8) is 0 Å². The molecule has 10 rings (SSSR count). The lowest BCUT2D eigenvalue weighted by Gasteiger charge is -2.24. The van der Waals surface area contributed by atoms with Gasteiger partial charge in [-0.05, 0) is 108 Å². The summed E-state index contributed by atoms with van der Waals surface area (Å²) in [6.07, 6.45) is 20.3. The predicted molar refractivity (Wildman–Crippen MR) is 378 cm³/mol. The van der Waals surface area contributed by atoms with Crippen LogP contribution >= 0.6 is 23.5 Å². The largest absolute Gasteiger partial charge is 0.497 e. The molecular weight excluding hydrogens is 1260 g/mol. The van der Waals surface area contributed by atoms with Crippen LogP contribution in [0, 0.1) is 5.92 Å². The summed E-state index contributed by atoms with van der Waals surface area (Å²) in [6, 6.07) is 21.9. The molecule has 5 aromatic rings. The van der Waals surface area contributed by atoms with Gasteiger partial charge in [0.2, 0.25) is 17.7 Å². The number of amides is 6. The zero-order valence-corrected chi connectivity index (χ0v) is 57.1. The SMILES string of the molecule is COc1ccc(C2=CN3C(=O)c4cc(OC)c(OCCCOc5cc6c(cc5OC)C(=O)N5C=C(c7ccc(NC(=O)[C@H](C)NC(=O)[C@@H](NC(=O)c8cc(NC(=O)CCSC9CCCCCCCC9)nc(NC(O)CCSC)c8)C(C)C)cc7)C[C@H]5C=N6)cc4N=C[C@@H]3C2)cc1. The molecule has 1 aromatic heterocycles. The predicted octanol–water partition coefficient (Wildman–Crippen LogP) is 11.8. The Morgan fingerprint density at radius 3 is 1.74 bits per heavy atom. The molecule has 0 bridgehead atoms. The van der Waals surface area contributed by atoms with Crippen molar-refractivity contribution in [1.29, 1.82) is 0 Å². The number of ether oxygens (including phenoxy) is 5. The van der Waals surface area contributed by atoms with Crippen LogP contribution in [0.2, 0.25) is 0 Å². The molecule has 6 N–H and O–H groups in total. The van der Waals surface area contributed by atoms with Gasteiger partial charge in [-0.25, -0.2) is 4.98 Å². The Balaban J connectivity index is 0.700. The maximum atomic E-state index is 14.3. The lowest BCUT2D eigenvalue weighted by Crippen LogP contribution is -2.53. The van der Waals surface area contributed by atoms with Gasteiger partial charge in [-0.3, -0.25) is 38.8 Å². The number of fused-ring (bicyclic) bond motifs is 4. The first-order chi connectivity index (χ1) is 46.5. The van der Waals surface area contributed by atoms with Crippen molar-refractivity contribution in [3.05, 3.63) is 125 Å². The van der Waals surface area contributed by atoms with E-state index in [1.54, 1.807) is 98.3 Å². The molecule has 4 aliphatic heterocycles. The van der Waals surface area contributed by atoms with Crippen LogP contribution in [0.4, 0.5) is 28.7 Å². The third-order valence-electron chi connectivity index (χ3n) is 17.5. The van der Waals surface area contributed by atoms with Crippen LogP contribution in [0.5, 0.6) is 28.7 Å². The van der Waals surface area contributed by atoms with Gasteiger partial charge in [0.05, 0.1) is 69.1 Å². The van der Waals surface area contributed by atoms with Gasteiger partial charge in [0.25, 0.3) is 17.7 Å². The van der Waals surface area contributed by atoms with E-state index in [9.17, 15) is 33.9 Å². The van der Waals surface area contributed by atoms with Gasteiger partial charge < -0.3 is 65.2 Å². The molecule has 0 saturated heterocycles. The molecule has 96 heavy (non-hydrogen) atoms. The third kappa shape index (κ3) is 17.8. The fourth-order valence-electron chi connectivity index (χ4n) is 12.1. The van der Waals surface area contributed by atoms with E-state index in [0.29, 0.717) is 93.6 Å². The molecule has 24 heteroatoms. The average molecular weight is 1350 g/mol. The van der Waals surface area contributed by atoms with Crippen molar-refractivity contribution in [3.8, 4) is 28.7 Å². The van der Waals surface area contributed by atoms with Crippen LogP contribution in [0.25, 0.3) is 11.1 Å². The molecule has 22 nitrogen and oxygen atoms in total. The maximum Gasteiger partial charge on any atom is 0.260 e. The number of hydrogen-bond acceptors (Lipinski definition) is 18. The zero-order chi connectivity index (χ0) is 67.8. The van der Waals surface area contributed by atoms with Crippen molar-refractivity contribution in [1.82, 2.24) is 25.4 Å². The van der Waals surface area contributed by atoms with E-state index < -0.39 is 42.0 Å². The smallest absolute Gasteiger partial charge is 0.260 e. The second-order valence-corrected chi connectivity index (χ2v) is 27.1. The Bertz CT molecular complexity index is 3760. The second-order valence-electron chi connectivity index (χ2n) is 24.7. The van der Waals surface area contributed by atoms with Crippen LogP contribution in [0.1, 0.15) is 146 Å². The number of nitrogens with one attached hydrogen (secondary N) is 5. The molecule has 6 amide bonds. The van der Waals surface area contributed by atoms with Crippen LogP contribution in [-0.2, 0) is 14.4 Å². The normalized spacial score (nSPS) is 17.7. The first-order valence-electron chi connectivity index (χ1n) is 32.9. The number of aliphatic imine (C=N–C) groups is 2. The zero-order valence-electron chi connectivity index (χ0n) is 55.4. The molecule has 5 aliphatic rings. The molecule has 1 unspecified atom stereocenters. The van der Waals surface area contributed by atoms with Crippen molar-refractivity contribution >= 4 is 111 Å². The van der Waals surface area contributed by atoms with E-state index in [1.165, 1.54) is 64.9 Å². The second kappa shape index (κ2) is 33.2. The molecule has 1 fully saturated rings. The third-order valence-corrected chi connectivity index (χ3v) is 19.5. The van der Waals surface area contributed by atoms with Gasteiger partial charge in [-0.2, -0.15) is 23.5 Å². The average Bonchev–Trinajstić information content (AvgIpc) is 1.62. The Kier molecular flexibility index (Phi) is 24.2. The van der Waals surface area contributed by atoms with Crippen molar-refractivity contribution in [2.45, 2.75) is 140 Å². The van der Waals surface area contributed by atoms with E-state index in [1.807, 2.05) is 66.8 Å². The summed E-state index contributed by atoms with van der Waals surface area (Å²) in [4.78, 5) is 100. The van der Waals surface area contributed by atoms with Crippen molar-refractivity contribution < 1.29 is 57.6 Å². The topological polar surface area (TPSA) is 273 Å². The molecule has 4 aromatic carbocycles. The lowest BCUT2D eigenvalue weighted by molar-refractivity contribution is -0.128. The monoisotopic (exact) mass is 1350 g/mol. The minimum absolute atomic E-state index is 0.105. The number of pyridine rings is 1. The van der Waals surface area contributed by atoms with Crippen molar-refractivity contribution in [2.24, 2.45) is 15.9 Å². The van der Waals surface area contributed by atoms with Crippen molar-refractivity contribution in [2.75, 3.05) is 68.3 Å². The Morgan fingerprint density at radius 2 is 1.20 bits per heavy atom. The molecule has 5 atom stereocenters. The fourth-order valence-corrected chi connectivity index (χ4v) is 13.8. The highest BCUT2D eigenvalue weighted by Crippen LogP contribution is 2.42. The van der Waals surface area contributed by atoms with E-state index >= 15 is 0 Å². The van der Waals surface area contributed by atoms with E-state index in [2.05, 4.69) is 31.6 Å². The number of anilines is 3. The number of nitrogens with zero attached hydrogens (tertiary/aromatic N) is 5.